The highest BCUT2D eigenvalue weighted by atomic mass is 35.5. The molecule has 7 nitrogen and oxygen atoms in total. The number of carboxylic acids is 1. The highest BCUT2D eigenvalue weighted by molar-refractivity contribution is 8.18. The average Bonchev–Trinajstić information content (AvgIpc) is 3.20. The first-order valence-corrected chi connectivity index (χ1v) is 10.4. The lowest BCUT2D eigenvalue weighted by Crippen LogP contribution is -2.33. The number of para-hydroxylation sites is 1. The first kappa shape index (κ1) is 20.9. The molecule has 31 heavy (non-hydrogen) atoms. The first-order chi connectivity index (χ1) is 14.8. The molecule has 0 bridgehead atoms. The van der Waals surface area contributed by atoms with Gasteiger partial charge in [-0.1, -0.05) is 29.8 Å². The van der Waals surface area contributed by atoms with E-state index in [0.29, 0.717) is 21.7 Å². The second kappa shape index (κ2) is 8.41. The van der Waals surface area contributed by atoms with E-state index in [0.717, 1.165) is 22.0 Å². The van der Waals surface area contributed by atoms with Gasteiger partial charge < -0.3 is 9.67 Å². The van der Waals surface area contributed by atoms with Crippen LogP contribution in [0.5, 0.6) is 0 Å². The van der Waals surface area contributed by atoms with Gasteiger partial charge in [0.1, 0.15) is 6.54 Å². The minimum Gasteiger partial charge on any atom is -0.480 e. The maximum absolute atomic E-state index is 12.8. The van der Waals surface area contributed by atoms with Crippen molar-refractivity contribution in [3.63, 3.8) is 0 Å². The molecule has 2 aromatic carbocycles. The van der Waals surface area contributed by atoms with Crippen molar-refractivity contribution in [2.45, 2.75) is 6.54 Å². The number of amides is 2. The van der Waals surface area contributed by atoms with Crippen LogP contribution in [0.25, 0.3) is 17.0 Å². The Kier molecular flexibility index (Phi) is 5.67. The predicted octanol–water partition coefficient (Wildman–Crippen LogP) is 4.30. The van der Waals surface area contributed by atoms with Gasteiger partial charge in [0.25, 0.3) is 11.1 Å². The summed E-state index contributed by atoms with van der Waals surface area (Å²) in [6.45, 7) is -0.601. The quantitative estimate of drug-likeness (QED) is 0.440. The normalized spacial score (nSPS) is 15.3. The fourth-order valence-electron chi connectivity index (χ4n) is 3.31. The van der Waals surface area contributed by atoms with E-state index in [2.05, 4.69) is 0 Å². The molecule has 0 saturated carbocycles. The Bertz CT molecular complexity index is 1260. The Labute approximate surface area is 185 Å². The summed E-state index contributed by atoms with van der Waals surface area (Å²) in [4.78, 5) is 49.9. The molecule has 4 rings (SSSR count). The van der Waals surface area contributed by atoms with Crippen molar-refractivity contribution >= 4 is 63.2 Å². The number of nitrogens with zero attached hydrogens (tertiary/aromatic N) is 2. The van der Waals surface area contributed by atoms with Crippen LogP contribution in [0.1, 0.15) is 15.9 Å². The van der Waals surface area contributed by atoms with Crippen molar-refractivity contribution in [3.05, 3.63) is 75.8 Å². The summed E-state index contributed by atoms with van der Waals surface area (Å²) in [5.41, 5.74) is 1.67. The molecule has 2 amide bonds. The molecular formula is C22H15ClN2O5S. The second-order valence-corrected chi connectivity index (χ2v) is 8.25. The van der Waals surface area contributed by atoms with E-state index in [4.69, 9.17) is 16.7 Å². The molecule has 3 aromatic rings. The zero-order valence-electron chi connectivity index (χ0n) is 15.9. The molecule has 0 radical (unpaired) electrons. The number of carboxylic acid groups (broad SMARTS) is 1. The lowest BCUT2D eigenvalue weighted by molar-refractivity contribution is -0.137. The first-order valence-electron chi connectivity index (χ1n) is 9.17. The summed E-state index contributed by atoms with van der Waals surface area (Å²) < 4.78 is 1.57. The number of hydrogen-bond donors (Lipinski definition) is 1. The highest BCUT2D eigenvalue weighted by Crippen LogP contribution is 2.34. The monoisotopic (exact) mass is 454 g/mol. The van der Waals surface area contributed by atoms with Gasteiger partial charge in [-0.3, -0.25) is 24.1 Å². The molecule has 1 N–H and O–H groups in total. The Morgan fingerprint density at radius 1 is 1.03 bits per heavy atom. The maximum Gasteiger partial charge on any atom is 0.323 e. The SMILES string of the molecule is O=C(O)Cn1cc(/C=C2\SC(=O)N(CC(=O)c3ccc(Cl)cc3)C2=O)c2ccccc21. The minimum absolute atomic E-state index is 0.173. The largest absolute Gasteiger partial charge is 0.480 e. The zero-order chi connectivity index (χ0) is 22.1. The lowest BCUT2D eigenvalue weighted by Gasteiger charge is -2.11. The van der Waals surface area contributed by atoms with Crippen molar-refractivity contribution in [1.29, 1.82) is 0 Å². The number of halogens is 1. The molecular weight excluding hydrogens is 440 g/mol. The van der Waals surface area contributed by atoms with E-state index in [9.17, 15) is 19.2 Å². The van der Waals surface area contributed by atoms with E-state index < -0.39 is 17.1 Å². The van der Waals surface area contributed by atoms with Crippen molar-refractivity contribution in [1.82, 2.24) is 9.47 Å². The minimum atomic E-state index is -0.992. The number of Topliss-reactive ketones (excluding diaryl/α,β-unsaturated/α-hetero) is 1. The summed E-state index contributed by atoms with van der Waals surface area (Å²) in [5.74, 6) is -1.93. The van der Waals surface area contributed by atoms with E-state index in [1.807, 2.05) is 6.07 Å². The molecule has 2 heterocycles. The number of fused-ring (bicyclic) bond motifs is 1. The van der Waals surface area contributed by atoms with Gasteiger partial charge in [0.2, 0.25) is 0 Å². The van der Waals surface area contributed by atoms with Gasteiger partial charge in [0.05, 0.1) is 11.4 Å². The molecule has 0 spiro atoms. The van der Waals surface area contributed by atoms with E-state index in [1.165, 1.54) is 12.1 Å². The van der Waals surface area contributed by atoms with Gasteiger partial charge in [-0.15, -0.1) is 0 Å². The maximum atomic E-state index is 12.8. The van der Waals surface area contributed by atoms with E-state index in [-0.39, 0.29) is 23.8 Å². The Morgan fingerprint density at radius 3 is 2.45 bits per heavy atom. The van der Waals surface area contributed by atoms with Crippen molar-refractivity contribution in [3.8, 4) is 0 Å². The number of aromatic nitrogens is 1. The van der Waals surface area contributed by atoms with Gasteiger partial charge in [-0.05, 0) is 48.2 Å². The summed E-state index contributed by atoms with van der Waals surface area (Å²) in [5, 5.41) is 9.84. The number of ketones is 1. The Morgan fingerprint density at radius 2 is 1.74 bits per heavy atom. The van der Waals surface area contributed by atoms with Crippen LogP contribution in [0.15, 0.2) is 59.6 Å². The van der Waals surface area contributed by atoms with Crippen molar-refractivity contribution in [2.75, 3.05) is 6.54 Å². The van der Waals surface area contributed by atoms with E-state index in [1.54, 1.807) is 47.2 Å². The molecule has 1 saturated heterocycles. The third-order valence-electron chi connectivity index (χ3n) is 4.75. The number of aliphatic carboxylic acids is 1. The van der Waals surface area contributed by atoms with E-state index >= 15 is 0 Å². The number of imide groups is 1. The van der Waals surface area contributed by atoms with Crippen LogP contribution in [0.4, 0.5) is 4.79 Å². The Hall–Kier alpha value is -3.36. The smallest absolute Gasteiger partial charge is 0.323 e. The number of rotatable bonds is 6. The fraction of sp³-hybridized carbons (Fsp3) is 0.0909. The third-order valence-corrected chi connectivity index (χ3v) is 5.91. The number of carbonyl (C=O) groups is 4. The van der Waals surface area contributed by atoms with Gasteiger partial charge in [-0.25, -0.2) is 0 Å². The average molecular weight is 455 g/mol. The number of thioether (sulfide) groups is 1. The fourth-order valence-corrected chi connectivity index (χ4v) is 4.27. The van der Waals surface area contributed by atoms with Gasteiger partial charge >= 0.3 is 5.97 Å². The van der Waals surface area contributed by atoms with Crippen LogP contribution in [-0.2, 0) is 16.1 Å². The molecule has 1 aromatic heterocycles. The third kappa shape index (κ3) is 4.26. The molecule has 0 unspecified atom stereocenters. The molecule has 1 fully saturated rings. The van der Waals surface area contributed by atoms with Gasteiger partial charge in [0, 0.05) is 33.2 Å². The molecule has 9 heteroatoms. The summed E-state index contributed by atoms with van der Waals surface area (Å²) in [6.07, 6.45) is 3.18. The van der Waals surface area contributed by atoms with Crippen LogP contribution >= 0.6 is 23.4 Å². The lowest BCUT2D eigenvalue weighted by atomic mass is 10.1. The van der Waals surface area contributed by atoms with Crippen LogP contribution in [0.3, 0.4) is 0 Å². The standard InChI is InChI=1S/C22H15ClN2O5S/c23-15-7-5-13(6-8-15)18(26)11-25-21(29)19(31-22(25)30)9-14-10-24(12-20(27)28)17-4-2-1-3-16(14)17/h1-10H,11-12H2,(H,27,28)/b19-9-. The topological polar surface area (TPSA) is 96.7 Å². The molecule has 156 valence electrons. The summed E-state index contributed by atoms with van der Waals surface area (Å²) >= 11 is 6.57. The summed E-state index contributed by atoms with van der Waals surface area (Å²) in [7, 11) is 0. The molecule has 1 aliphatic heterocycles. The van der Waals surface area contributed by atoms with Crippen molar-refractivity contribution < 1.29 is 24.3 Å². The number of hydrogen-bond acceptors (Lipinski definition) is 5. The Balaban J connectivity index is 1.61. The molecule has 0 atom stereocenters. The predicted molar refractivity (Wildman–Crippen MR) is 118 cm³/mol. The number of benzene rings is 2. The zero-order valence-corrected chi connectivity index (χ0v) is 17.5. The van der Waals surface area contributed by atoms with Crippen LogP contribution in [-0.4, -0.2) is 44.0 Å². The highest BCUT2D eigenvalue weighted by Gasteiger charge is 2.36. The van der Waals surface area contributed by atoms with Crippen LogP contribution < -0.4 is 0 Å². The molecule has 1 aliphatic rings. The number of carbonyl (C=O) groups excluding carboxylic acids is 3. The van der Waals surface area contributed by atoms with Crippen molar-refractivity contribution in [2.24, 2.45) is 0 Å². The van der Waals surface area contributed by atoms with Crippen LogP contribution in [0.2, 0.25) is 5.02 Å². The van der Waals surface area contributed by atoms with Gasteiger partial charge in [-0.2, -0.15) is 0 Å². The second-order valence-electron chi connectivity index (χ2n) is 6.82. The molecule has 0 aliphatic carbocycles. The summed E-state index contributed by atoms with van der Waals surface area (Å²) in [6, 6.07) is 13.4. The van der Waals surface area contributed by atoms with Gasteiger partial charge in [0.15, 0.2) is 5.78 Å². The van der Waals surface area contributed by atoms with Crippen LogP contribution in [0, 0.1) is 0 Å².